The van der Waals surface area contributed by atoms with Gasteiger partial charge in [0.25, 0.3) is 0 Å². The number of ether oxygens (including phenoxy) is 2. The second kappa shape index (κ2) is 10.6. The quantitative estimate of drug-likeness (QED) is 0.347. The fourth-order valence-corrected chi connectivity index (χ4v) is 3.55. The molecule has 0 aromatic heterocycles. The van der Waals surface area contributed by atoms with E-state index in [2.05, 4.69) is 5.32 Å². The Morgan fingerprint density at radius 3 is 2.45 bits per heavy atom. The zero-order chi connectivity index (χ0) is 22.4. The number of halogens is 3. The normalized spacial score (nSPS) is 10.6. The molecule has 0 aliphatic heterocycles. The molecule has 0 aliphatic rings. The molecule has 0 heterocycles. The molecule has 0 radical (unpaired) electrons. The minimum absolute atomic E-state index is 0.142. The summed E-state index contributed by atoms with van der Waals surface area (Å²) in [6.45, 7) is 2.90. The first-order valence-corrected chi connectivity index (χ1v) is 10.6. The van der Waals surface area contributed by atoms with E-state index in [1.165, 1.54) is 18.2 Å². The molecular weight excluding hydrogens is 461 g/mol. The predicted octanol–water partition coefficient (Wildman–Crippen LogP) is 6.93. The monoisotopic (exact) mass is 479 g/mol. The van der Waals surface area contributed by atoms with E-state index in [1.807, 2.05) is 31.2 Å². The van der Waals surface area contributed by atoms with E-state index >= 15 is 0 Å². The van der Waals surface area contributed by atoms with Crippen molar-refractivity contribution in [3.05, 3.63) is 86.4 Å². The average molecular weight is 481 g/mol. The molecule has 5 nitrogen and oxygen atoms in total. The summed E-state index contributed by atoms with van der Waals surface area (Å²) < 4.78 is 11.6. The summed E-state index contributed by atoms with van der Waals surface area (Å²) in [7, 11) is 0. The van der Waals surface area contributed by atoms with Crippen LogP contribution in [0.2, 0.25) is 15.1 Å². The number of benzene rings is 3. The van der Waals surface area contributed by atoms with Crippen LogP contribution in [0.4, 0.5) is 5.69 Å². The largest absolute Gasteiger partial charge is 0.490 e. The van der Waals surface area contributed by atoms with Gasteiger partial charge in [0.05, 0.1) is 27.9 Å². The van der Waals surface area contributed by atoms with Crippen molar-refractivity contribution in [2.45, 2.75) is 20.1 Å². The van der Waals surface area contributed by atoms with E-state index in [0.717, 1.165) is 11.1 Å². The Bertz CT molecular complexity index is 1090. The van der Waals surface area contributed by atoms with E-state index in [-0.39, 0.29) is 12.2 Å². The molecule has 3 aromatic carbocycles. The zero-order valence-corrected chi connectivity index (χ0v) is 18.9. The Labute approximate surface area is 195 Å². The van der Waals surface area contributed by atoms with Crippen molar-refractivity contribution in [1.82, 2.24) is 0 Å². The van der Waals surface area contributed by atoms with Gasteiger partial charge in [-0.2, -0.15) is 0 Å². The summed E-state index contributed by atoms with van der Waals surface area (Å²) in [5.74, 6) is -0.0938. The number of carboxylic acid groups (broad SMARTS) is 1. The van der Waals surface area contributed by atoms with E-state index in [4.69, 9.17) is 44.3 Å². The van der Waals surface area contributed by atoms with Gasteiger partial charge in [-0.1, -0.05) is 53.0 Å². The topological polar surface area (TPSA) is 67.8 Å². The predicted molar refractivity (Wildman–Crippen MR) is 124 cm³/mol. The lowest BCUT2D eigenvalue weighted by Crippen LogP contribution is -2.05. The maximum atomic E-state index is 11.2. The number of rotatable bonds is 9. The third-order valence-corrected chi connectivity index (χ3v) is 5.37. The van der Waals surface area contributed by atoms with E-state index < -0.39 is 5.97 Å². The Morgan fingerprint density at radius 1 is 0.968 bits per heavy atom. The molecule has 8 heteroatoms. The third kappa shape index (κ3) is 5.97. The van der Waals surface area contributed by atoms with Crippen molar-refractivity contribution in [3.63, 3.8) is 0 Å². The van der Waals surface area contributed by atoms with E-state index in [0.29, 0.717) is 45.4 Å². The number of carbonyl (C=O) groups is 1. The highest BCUT2D eigenvalue weighted by Crippen LogP contribution is 2.38. The van der Waals surface area contributed by atoms with Crippen LogP contribution in [0.25, 0.3) is 0 Å². The summed E-state index contributed by atoms with van der Waals surface area (Å²) in [6, 6.07) is 15.5. The summed E-state index contributed by atoms with van der Waals surface area (Å²) in [4.78, 5) is 11.2. The smallest absolute Gasteiger partial charge is 0.335 e. The lowest BCUT2D eigenvalue weighted by molar-refractivity contribution is 0.0697. The molecule has 0 amide bonds. The van der Waals surface area contributed by atoms with Crippen molar-refractivity contribution in [1.29, 1.82) is 0 Å². The number of hydrogen-bond donors (Lipinski definition) is 2. The first-order valence-electron chi connectivity index (χ1n) is 9.47. The highest BCUT2D eigenvalue weighted by molar-refractivity contribution is 6.33. The van der Waals surface area contributed by atoms with Gasteiger partial charge < -0.3 is 19.9 Å². The van der Waals surface area contributed by atoms with Crippen molar-refractivity contribution in [2.24, 2.45) is 0 Å². The maximum absolute atomic E-state index is 11.2. The third-order valence-electron chi connectivity index (χ3n) is 4.40. The molecule has 0 spiro atoms. The van der Waals surface area contributed by atoms with Crippen molar-refractivity contribution >= 4 is 46.5 Å². The van der Waals surface area contributed by atoms with Gasteiger partial charge >= 0.3 is 5.97 Å². The van der Waals surface area contributed by atoms with E-state index in [1.54, 1.807) is 12.1 Å². The van der Waals surface area contributed by atoms with Gasteiger partial charge in [0, 0.05) is 17.1 Å². The van der Waals surface area contributed by atoms with Gasteiger partial charge in [0.1, 0.15) is 6.61 Å². The maximum Gasteiger partial charge on any atom is 0.335 e. The molecule has 162 valence electrons. The molecule has 0 saturated carbocycles. The molecule has 0 aliphatic carbocycles. The highest BCUT2D eigenvalue weighted by atomic mass is 35.5. The van der Waals surface area contributed by atoms with Crippen LogP contribution in [-0.4, -0.2) is 17.7 Å². The van der Waals surface area contributed by atoms with Crippen molar-refractivity contribution in [2.75, 3.05) is 11.9 Å². The minimum Gasteiger partial charge on any atom is -0.490 e. The van der Waals surface area contributed by atoms with Crippen LogP contribution in [0.1, 0.15) is 28.4 Å². The molecule has 0 saturated heterocycles. The molecule has 0 unspecified atom stereocenters. The second-order valence-electron chi connectivity index (χ2n) is 6.57. The number of aromatic carboxylic acids is 1. The number of anilines is 1. The number of hydrogen-bond acceptors (Lipinski definition) is 4. The van der Waals surface area contributed by atoms with Crippen molar-refractivity contribution < 1.29 is 19.4 Å². The van der Waals surface area contributed by atoms with Crippen LogP contribution < -0.4 is 14.8 Å². The Hall–Kier alpha value is -2.60. The molecule has 2 N–H and O–H groups in total. The molecular formula is C23H20Cl3NO4. The molecule has 0 atom stereocenters. The first kappa shape index (κ1) is 23.1. The molecule has 3 rings (SSSR count). The van der Waals surface area contributed by atoms with Crippen LogP contribution in [-0.2, 0) is 13.2 Å². The first-order chi connectivity index (χ1) is 14.9. The average Bonchev–Trinajstić information content (AvgIpc) is 2.73. The molecule has 31 heavy (non-hydrogen) atoms. The van der Waals surface area contributed by atoms with Crippen LogP contribution in [0.5, 0.6) is 11.5 Å². The van der Waals surface area contributed by atoms with Gasteiger partial charge in [-0.05, 0) is 48.9 Å². The molecule has 3 aromatic rings. The molecule has 0 bridgehead atoms. The Kier molecular flexibility index (Phi) is 7.91. The number of carboxylic acids is 1. The van der Waals surface area contributed by atoms with Gasteiger partial charge in [-0.15, -0.1) is 0 Å². The lowest BCUT2D eigenvalue weighted by atomic mass is 10.1. The summed E-state index contributed by atoms with van der Waals surface area (Å²) in [6.07, 6.45) is 0. The van der Waals surface area contributed by atoms with Gasteiger partial charge in [0.2, 0.25) is 0 Å². The van der Waals surface area contributed by atoms with Gasteiger partial charge in [-0.3, -0.25) is 0 Å². The Balaban J connectivity index is 1.79. The SMILES string of the molecule is CCOc1cc(CNc2cc(C(=O)O)ccc2Cl)cc(Cl)c1OCc1ccccc1Cl. The minimum atomic E-state index is -1.03. The van der Waals surface area contributed by atoms with Crippen LogP contribution >= 0.6 is 34.8 Å². The summed E-state index contributed by atoms with van der Waals surface area (Å²) in [5, 5.41) is 13.7. The zero-order valence-electron chi connectivity index (χ0n) is 16.6. The molecule has 0 fully saturated rings. The summed E-state index contributed by atoms with van der Waals surface area (Å²) >= 11 is 18.9. The Morgan fingerprint density at radius 2 is 1.74 bits per heavy atom. The second-order valence-corrected chi connectivity index (χ2v) is 7.79. The highest BCUT2D eigenvalue weighted by Gasteiger charge is 2.14. The van der Waals surface area contributed by atoms with Crippen molar-refractivity contribution in [3.8, 4) is 11.5 Å². The van der Waals surface area contributed by atoms with E-state index in [9.17, 15) is 9.90 Å². The van der Waals surface area contributed by atoms with Gasteiger partial charge in [-0.25, -0.2) is 4.79 Å². The van der Waals surface area contributed by atoms with Crippen LogP contribution in [0, 0.1) is 0 Å². The van der Waals surface area contributed by atoms with Crippen LogP contribution in [0.3, 0.4) is 0 Å². The standard InChI is InChI=1S/C23H20Cl3NO4/c1-2-30-21-10-14(12-27-20-11-15(23(28)29)7-8-18(20)25)9-19(26)22(21)31-13-16-5-3-4-6-17(16)24/h3-11,27H,2,12-13H2,1H3,(H,28,29). The number of nitrogens with one attached hydrogen (secondary N) is 1. The fourth-order valence-electron chi connectivity index (χ4n) is 2.88. The lowest BCUT2D eigenvalue weighted by Gasteiger charge is -2.16. The fraction of sp³-hybridized carbons (Fsp3) is 0.174. The van der Waals surface area contributed by atoms with Crippen LogP contribution in [0.15, 0.2) is 54.6 Å². The van der Waals surface area contributed by atoms with Gasteiger partial charge in [0.15, 0.2) is 11.5 Å². The summed E-state index contributed by atoms with van der Waals surface area (Å²) in [5.41, 5.74) is 2.30.